The molecule has 0 bridgehead atoms. The molecule has 0 aromatic carbocycles. The molecule has 0 radical (unpaired) electrons. The first kappa shape index (κ1) is 17.8. The predicted octanol–water partition coefficient (Wildman–Crippen LogP) is 4.01. The second-order valence-corrected chi connectivity index (χ2v) is 8.31. The van der Waals surface area contributed by atoms with Gasteiger partial charge in [0.15, 0.2) is 0 Å². The number of amides is 1. The number of nitrogens with one attached hydrogen (secondary N) is 1. The molecule has 1 atom stereocenters. The molecule has 1 saturated heterocycles. The molecule has 1 aromatic heterocycles. The van der Waals surface area contributed by atoms with Crippen molar-refractivity contribution in [2.24, 2.45) is 11.8 Å². The number of hydrogen-bond acceptors (Lipinski definition) is 3. The number of hydrogen-bond donors (Lipinski definition) is 1. The monoisotopic (exact) mass is 356 g/mol. The fraction of sp³-hybridized carbons (Fsp3) is 0.714. The highest BCUT2D eigenvalue weighted by molar-refractivity contribution is 5.91. The van der Waals surface area contributed by atoms with Gasteiger partial charge in [0.1, 0.15) is 5.82 Å². The molecule has 1 unspecified atom stereocenters. The minimum absolute atomic E-state index is 0.187. The SMILES string of the molecule is O=C(Nc1ccnn1C1CCN(CC2CC=CCC2)CC1)C1CCCC1. The standard InChI is InChI=1S/C21H32N4O/c26-21(18-8-4-5-9-18)23-20-10-13-22-25(20)19-11-14-24(15-12-19)16-17-6-2-1-3-7-17/h1-2,10,13,17-19H,3-9,11-12,14-16H2,(H,23,26). The van der Waals surface area contributed by atoms with Crippen molar-refractivity contribution in [3.63, 3.8) is 0 Å². The molecular weight excluding hydrogens is 324 g/mol. The van der Waals surface area contributed by atoms with E-state index in [-0.39, 0.29) is 11.8 Å². The summed E-state index contributed by atoms with van der Waals surface area (Å²) in [6.45, 7) is 3.52. The summed E-state index contributed by atoms with van der Waals surface area (Å²) in [6, 6.07) is 2.36. The lowest BCUT2D eigenvalue weighted by molar-refractivity contribution is -0.119. The first-order chi connectivity index (χ1) is 12.8. The van der Waals surface area contributed by atoms with Crippen LogP contribution in [0.25, 0.3) is 0 Å². The van der Waals surface area contributed by atoms with Crippen LogP contribution in [-0.2, 0) is 4.79 Å². The van der Waals surface area contributed by atoms with Gasteiger partial charge in [-0.2, -0.15) is 5.10 Å². The highest BCUT2D eigenvalue weighted by atomic mass is 16.2. The molecule has 1 aromatic rings. The Bertz CT molecular complexity index is 624. The maximum absolute atomic E-state index is 12.5. The number of anilines is 1. The molecule has 1 N–H and O–H groups in total. The van der Waals surface area contributed by atoms with E-state index in [1.165, 1.54) is 38.6 Å². The van der Waals surface area contributed by atoms with E-state index < -0.39 is 0 Å². The van der Waals surface area contributed by atoms with Crippen molar-refractivity contribution in [3.8, 4) is 0 Å². The lowest BCUT2D eigenvalue weighted by atomic mass is 9.93. The molecule has 3 aliphatic rings. The Morgan fingerprint density at radius 1 is 1.12 bits per heavy atom. The normalized spacial score (nSPS) is 25.6. The Hall–Kier alpha value is -1.62. The van der Waals surface area contributed by atoms with Gasteiger partial charge in [-0.3, -0.25) is 4.79 Å². The fourth-order valence-electron chi connectivity index (χ4n) is 4.85. The van der Waals surface area contributed by atoms with Crippen molar-refractivity contribution in [1.29, 1.82) is 0 Å². The van der Waals surface area contributed by atoms with Crippen molar-refractivity contribution >= 4 is 11.7 Å². The Morgan fingerprint density at radius 3 is 2.65 bits per heavy atom. The molecule has 1 saturated carbocycles. The van der Waals surface area contributed by atoms with Crippen LogP contribution in [0, 0.1) is 11.8 Å². The first-order valence-electron chi connectivity index (χ1n) is 10.5. The van der Waals surface area contributed by atoms with Crippen LogP contribution in [0.15, 0.2) is 24.4 Å². The number of carbonyl (C=O) groups is 1. The van der Waals surface area contributed by atoms with Gasteiger partial charge < -0.3 is 10.2 Å². The van der Waals surface area contributed by atoms with Crippen molar-refractivity contribution < 1.29 is 4.79 Å². The quantitative estimate of drug-likeness (QED) is 0.811. The lowest BCUT2D eigenvalue weighted by Crippen LogP contribution is -2.38. The third-order valence-electron chi connectivity index (χ3n) is 6.44. The molecule has 0 spiro atoms. The maximum atomic E-state index is 12.5. The number of piperidine rings is 1. The first-order valence-corrected chi connectivity index (χ1v) is 10.5. The lowest BCUT2D eigenvalue weighted by Gasteiger charge is -2.35. The Balaban J connectivity index is 1.29. The van der Waals surface area contributed by atoms with Crippen LogP contribution in [0.2, 0.25) is 0 Å². The van der Waals surface area contributed by atoms with E-state index in [0.717, 1.165) is 50.5 Å². The third-order valence-corrected chi connectivity index (χ3v) is 6.44. The largest absolute Gasteiger partial charge is 0.311 e. The van der Waals surface area contributed by atoms with Gasteiger partial charge in [-0.05, 0) is 50.9 Å². The summed E-state index contributed by atoms with van der Waals surface area (Å²) in [5.41, 5.74) is 0. The molecule has 2 heterocycles. The molecule has 1 amide bonds. The topological polar surface area (TPSA) is 50.2 Å². The van der Waals surface area contributed by atoms with Crippen LogP contribution < -0.4 is 5.32 Å². The van der Waals surface area contributed by atoms with Crippen LogP contribution in [0.5, 0.6) is 0 Å². The zero-order valence-corrected chi connectivity index (χ0v) is 15.8. The highest BCUT2D eigenvalue weighted by Crippen LogP contribution is 2.29. The van der Waals surface area contributed by atoms with E-state index in [2.05, 4.69) is 32.1 Å². The molecule has 2 fully saturated rings. The molecule has 1 aliphatic heterocycles. The Kier molecular flexibility index (Phi) is 5.73. The number of rotatable bonds is 5. The maximum Gasteiger partial charge on any atom is 0.228 e. The van der Waals surface area contributed by atoms with Gasteiger partial charge in [-0.1, -0.05) is 25.0 Å². The van der Waals surface area contributed by atoms with Gasteiger partial charge in [0.2, 0.25) is 5.91 Å². The van der Waals surface area contributed by atoms with Crippen LogP contribution in [0.3, 0.4) is 0 Å². The predicted molar refractivity (Wildman–Crippen MR) is 104 cm³/mol. The van der Waals surface area contributed by atoms with Gasteiger partial charge >= 0.3 is 0 Å². The molecule has 2 aliphatic carbocycles. The Labute approximate surface area is 156 Å². The van der Waals surface area contributed by atoms with Crippen LogP contribution in [0.4, 0.5) is 5.82 Å². The number of allylic oxidation sites excluding steroid dienone is 2. The van der Waals surface area contributed by atoms with E-state index in [1.54, 1.807) is 0 Å². The number of likely N-dealkylation sites (tertiary alicyclic amines) is 1. The second kappa shape index (κ2) is 8.38. The van der Waals surface area contributed by atoms with E-state index in [1.807, 2.05) is 12.3 Å². The van der Waals surface area contributed by atoms with Gasteiger partial charge in [-0.15, -0.1) is 0 Å². The van der Waals surface area contributed by atoms with E-state index in [0.29, 0.717) is 6.04 Å². The highest BCUT2D eigenvalue weighted by Gasteiger charge is 2.27. The molecular formula is C21H32N4O. The van der Waals surface area contributed by atoms with Crippen LogP contribution in [0.1, 0.15) is 63.8 Å². The van der Waals surface area contributed by atoms with E-state index in [9.17, 15) is 4.79 Å². The summed E-state index contributed by atoms with van der Waals surface area (Å²) in [4.78, 5) is 15.1. The fourth-order valence-corrected chi connectivity index (χ4v) is 4.85. The summed E-state index contributed by atoms with van der Waals surface area (Å²) in [6.07, 6.45) is 17.0. The number of carbonyl (C=O) groups excluding carboxylic acids is 1. The molecule has 26 heavy (non-hydrogen) atoms. The summed E-state index contributed by atoms with van der Waals surface area (Å²) in [5, 5.41) is 7.68. The summed E-state index contributed by atoms with van der Waals surface area (Å²) in [5.74, 6) is 2.11. The van der Waals surface area contributed by atoms with Crippen molar-refractivity contribution in [3.05, 3.63) is 24.4 Å². The molecule has 142 valence electrons. The van der Waals surface area contributed by atoms with Crippen molar-refractivity contribution in [1.82, 2.24) is 14.7 Å². The minimum atomic E-state index is 0.187. The molecule has 5 nitrogen and oxygen atoms in total. The van der Waals surface area contributed by atoms with Crippen molar-refractivity contribution in [2.45, 2.75) is 63.8 Å². The summed E-state index contributed by atoms with van der Waals surface area (Å²) in [7, 11) is 0. The Morgan fingerprint density at radius 2 is 1.92 bits per heavy atom. The van der Waals surface area contributed by atoms with Crippen molar-refractivity contribution in [2.75, 3.05) is 25.0 Å². The van der Waals surface area contributed by atoms with Gasteiger partial charge in [0.05, 0.1) is 12.2 Å². The van der Waals surface area contributed by atoms with E-state index in [4.69, 9.17) is 0 Å². The van der Waals surface area contributed by atoms with Crippen LogP contribution >= 0.6 is 0 Å². The average molecular weight is 357 g/mol. The van der Waals surface area contributed by atoms with Gasteiger partial charge in [-0.25, -0.2) is 4.68 Å². The minimum Gasteiger partial charge on any atom is -0.311 e. The second-order valence-electron chi connectivity index (χ2n) is 8.31. The summed E-state index contributed by atoms with van der Waals surface area (Å²) >= 11 is 0. The van der Waals surface area contributed by atoms with Gasteiger partial charge in [0, 0.05) is 31.6 Å². The number of aromatic nitrogens is 2. The summed E-state index contributed by atoms with van der Waals surface area (Å²) < 4.78 is 2.06. The molecule has 5 heteroatoms. The van der Waals surface area contributed by atoms with Crippen LogP contribution in [-0.4, -0.2) is 40.2 Å². The third kappa shape index (κ3) is 4.20. The number of nitrogens with zero attached hydrogens (tertiary/aromatic N) is 3. The van der Waals surface area contributed by atoms with Gasteiger partial charge in [0.25, 0.3) is 0 Å². The smallest absolute Gasteiger partial charge is 0.228 e. The van der Waals surface area contributed by atoms with E-state index >= 15 is 0 Å². The zero-order chi connectivity index (χ0) is 17.8. The molecule has 4 rings (SSSR count). The zero-order valence-electron chi connectivity index (χ0n) is 15.8. The average Bonchev–Trinajstić information content (AvgIpc) is 3.35.